The molecule has 3 rings (SSSR count). The molecule has 0 fully saturated rings. The number of hydrogen-bond acceptors (Lipinski definition) is 4. The molecule has 1 N–H and O–H groups in total. The minimum absolute atomic E-state index is 0.846. The monoisotopic (exact) mass is 298 g/mol. The standard InChI is InChI=1S/C16H18N4S/c1-13-11-19-16(21-13)18-8-7-15-17-9-10-20(15)12-14-5-3-2-4-6-14/h2-6,9-11H,7-8,12H2,1H3,(H,18,19). The molecular formula is C16H18N4S. The molecule has 0 radical (unpaired) electrons. The Kier molecular flexibility index (Phi) is 4.31. The van der Waals surface area contributed by atoms with E-state index in [2.05, 4.69) is 51.0 Å². The van der Waals surface area contributed by atoms with Gasteiger partial charge in [0.1, 0.15) is 5.82 Å². The molecule has 5 heteroatoms. The van der Waals surface area contributed by atoms with Crippen LogP contribution in [0.15, 0.2) is 48.9 Å². The van der Waals surface area contributed by atoms with Crippen LogP contribution in [0.4, 0.5) is 5.13 Å². The summed E-state index contributed by atoms with van der Waals surface area (Å²) in [5.74, 6) is 1.10. The maximum absolute atomic E-state index is 4.45. The number of anilines is 1. The first kappa shape index (κ1) is 13.8. The van der Waals surface area contributed by atoms with Crippen molar-refractivity contribution < 1.29 is 0 Å². The highest BCUT2D eigenvalue weighted by Gasteiger charge is 2.04. The van der Waals surface area contributed by atoms with Gasteiger partial charge in [0.2, 0.25) is 0 Å². The van der Waals surface area contributed by atoms with Crippen LogP contribution in [0.5, 0.6) is 0 Å². The van der Waals surface area contributed by atoms with E-state index < -0.39 is 0 Å². The van der Waals surface area contributed by atoms with Gasteiger partial charge in [-0.3, -0.25) is 0 Å². The Bertz CT molecular complexity index is 687. The molecule has 0 bridgehead atoms. The highest BCUT2D eigenvalue weighted by molar-refractivity contribution is 7.15. The summed E-state index contributed by atoms with van der Waals surface area (Å²) in [4.78, 5) is 9.98. The van der Waals surface area contributed by atoms with Crippen LogP contribution >= 0.6 is 11.3 Å². The molecule has 0 atom stereocenters. The quantitative estimate of drug-likeness (QED) is 0.759. The van der Waals surface area contributed by atoms with Crippen LogP contribution < -0.4 is 5.32 Å². The van der Waals surface area contributed by atoms with Crippen LogP contribution in [0.2, 0.25) is 0 Å². The molecule has 2 aromatic heterocycles. The third-order valence-corrected chi connectivity index (χ3v) is 4.11. The molecule has 0 saturated carbocycles. The highest BCUT2D eigenvalue weighted by Crippen LogP contribution is 2.16. The average molecular weight is 298 g/mol. The molecule has 0 aliphatic rings. The predicted octanol–water partition coefficient (Wildman–Crippen LogP) is 3.35. The van der Waals surface area contributed by atoms with Gasteiger partial charge < -0.3 is 9.88 Å². The fourth-order valence-electron chi connectivity index (χ4n) is 2.21. The van der Waals surface area contributed by atoms with Crippen molar-refractivity contribution in [3.05, 3.63) is 65.2 Å². The second-order valence-corrected chi connectivity index (χ2v) is 6.14. The zero-order valence-electron chi connectivity index (χ0n) is 12.0. The number of benzene rings is 1. The summed E-state index contributed by atoms with van der Waals surface area (Å²) in [5, 5.41) is 4.33. The van der Waals surface area contributed by atoms with E-state index in [1.165, 1.54) is 10.4 Å². The lowest BCUT2D eigenvalue weighted by Gasteiger charge is -2.08. The number of aromatic nitrogens is 3. The smallest absolute Gasteiger partial charge is 0.182 e. The summed E-state index contributed by atoms with van der Waals surface area (Å²) in [6, 6.07) is 10.5. The Morgan fingerprint density at radius 2 is 2.05 bits per heavy atom. The third-order valence-electron chi connectivity index (χ3n) is 3.24. The molecule has 21 heavy (non-hydrogen) atoms. The second kappa shape index (κ2) is 6.54. The van der Waals surface area contributed by atoms with Gasteiger partial charge in [0.05, 0.1) is 0 Å². The van der Waals surface area contributed by atoms with E-state index in [1.807, 2.05) is 24.7 Å². The summed E-state index contributed by atoms with van der Waals surface area (Å²) in [6.45, 7) is 3.78. The van der Waals surface area contributed by atoms with Crippen molar-refractivity contribution in [3.63, 3.8) is 0 Å². The first-order valence-corrected chi connectivity index (χ1v) is 7.83. The Hall–Kier alpha value is -2.14. The first-order valence-electron chi connectivity index (χ1n) is 7.01. The Balaban J connectivity index is 1.58. The molecule has 0 unspecified atom stereocenters. The second-order valence-electron chi connectivity index (χ2n) is 4.91. The van der Waals surface area contributed by atoms with E-state index >= 15 is 0 Å². The maximum Gasteiger partial charge on any atom is 0.182 e. The molecule has 0 amide bonds. The lowest BCUT2D eigenvalue weighted by molar-refractivity contribution is 0.723. The van der Waals surface area contributed by atoms with Crippen LogP contribution in [-0.4, -0.2) is 21.1 Å². The maximum atomic E-state index is 4.45. The number of aryl methyl sites for hydroxylation is 1. The van der Waals surface area contributed by atoms with Gasteiger partial charge in [0, 0.05) is 43.0 Å². The van der Waals surface area contributed by atoms with Crippen LogP contribution in [0.25, 0.3) is 0 Å². The van der Waals surface area contributed by atoms with E-state index in [4.69, 9.17) is 0 Å². The summed E-state index contributed by atoms with van der Waals surface area (Å²) >= 11 is 1.68. The first-order chi connectivity index (χ1) is 10.3. The summed E-state index contributed by atoms with van der Waals surface area (Å²) in [5.41, 5.74) is 1.29. The summed E-state index contributed by atoms with van der Waals surface area (Å²) < 4.78 is 2.20. The van der Waals surface area contributed by atoms with Gasteiger partial charge in [-0.1, -0.05) is 30.3 Å². The molecule has 3 aromatic rings. The number of imidazole rings is 1. The largest absolute Gasteiger partial charge is 0.361 e. The molecule has 1 aromatic carbocycles. The molecule has 2 heterocycles. The lowest BCUT2D eigenvalue weighted by Crippen LogP contribution is -2.10. The van der Waals surface area contributed by atoms with Gasteiger partial charge in [0.25, 0.3) is 0 Å². The highest BCUT2D eigenvalue weighted by atomic mass is 32.1. The van der Waals surface area contributed by atoms with Crippen molar-refractivity contribution in [2.45, 2.75) is 19.9 Å². The van der Waals surface area contributed by atoms with Gasteiger partial charge in [-0.25, -0.2) is 9.97 Å². The van der Waals surface area contributed by atoms with Gasteiger partial charge in [-0.2, -0.15) is 0 Å². The van der Waals surface area contributed by atoms with Crippen molar-refractivity contribution in [3.8, 4) is 0 Å². The topological polar surface area (TPSA) is 42.7 Å². The molecular weight excluding hydrogens is 280 g/mol. The van der Waals surface area contributed by atoms with Crippen LogP contribution in [-0.2, 0) is 13.0 Å². The molecule has 0 spiro atoms. The predicted molar refractivity (Wildman–Crippen MR) is 86.8 cm³/mol. The zero-order valence-corrected chi connectivity index (χ0v) is 12.8. The van der Waals surface area contributed by atoms with Crippen LogP contribution in [0.3, 0.4) is 0 Å². The van der Waals surface area contributed by atoms with E-state index in [1.54, 1.807) is 11.3 Å². The van der Waals surface area contributed by atoms with Crippen molar-refractivity contribution in [1.29, 1.82) is 0 Å². The van der Waals surface area contributed by atoms with Crippen LogP contribution in [0, 0.1) is 6.92 Å². The summed E-state index contributed by atoms with van der Waals surface area (Å²) in [7, 11) is 0. The normalized spacial score (nSPS) is 10.7. The Morgan fingerprint density at radius 3 is 2.81 bits per heavy atom. The molecule has 0 aliphatic carbocycles. The lowest BCUT2D eigenvalue weighted by atomic mass is 10.2. The van der Waals surface area contributed by atoms with E-state index in [0.717, 1.165) is 30.5 Å². The Morgan fingerprint density at radius 1 is 1.19 bits per heavy atom. The van der Waals surface area contributed by atoms with E-state index in [-0.39, 0.29) is 0 Å². The van der Waals surface area contributed by atoms with Crippen LogP contribution in [0.1, 0.15) is 16.3 Å². The Labute approximate surface area is 128 Å². The van der Waals surface area contributed by atoms with E-state index in [9.17, 15) is 0 Å². The third kappa shape index (κ3) is 3.70. The van der Waals surface area contributed by atoms with Gasteiger partial charge in [0.15, 0.2) is 5.13 Å². The van der Waals surface area contributed by atoms with Crippen molar-refractivity contribution in [2.24, 2.45) is 0 Å². The fourth-order valence-corrected chi connectivity index (χ4v) is 2.90. The van der Waals surface area contributed by atoms with Gasteiger partial charge in [-0.15, -0.1) is 11.3 Å². The average Bonchev–Trinajstić information content (AvgIpc) is 3.10. The minimum atomic E-state index is 0.846. The number of nitrogens with one attached hydrogen (secondary N) is 1. The molecule has 108 valence electrons. The zero-order chi connectivity index (χ0) is 14.5. The molecule has 0 saturated heterocycles. The SMILES string of the molecule is Cc1cnc(NCCc2nccn2Cc2ccccc2)s1. The summed E-state index contributed by atoms with van der Waals surface area (Å²) in [6.07, 6.45) is 6.68. The minimum Gasteiger partial charge on any atom is -0.361 e. The van der Waals surface area contributed by atoms with E-state index in [0.29, 0.717) is 0 Å². The van der Waals surface area contributed by atoms with Crippen molar-refractivity contribution in [2.75, 3.05) is 11.9 Å². The molecule has 0 aliphatic heterocycles. The van der Waals surface area contributed by atoms with Gasteiger partial charge in [-0.05, 0) is 12.5 Å². The molecule has 4 nitrogen and oxygen atoms in total. The number of thiazole rings is 1. The number of rotatable bonds is 6. The van der Waals surface area contributed by atoms with Crippen molar-refractivity contribution >= 4 is 16.5 Å². The number of hydrogen-bond donors (Lipinski definition) is 1. The van der Waals surface area contributed by atoms with Gasteiger partial charge >= 0.3 is 0 Å². The number of nitrogens with zero attached hydrogens (tertiary/aromatic N) is 3. The fraction of sp³-hybridized carbons (Fsp3) is 0.250. The van der Waals surface area contributed by atoms with Crippen molar-refractivity contribution in [1.82, 2.24) is 14.5 Å².